The van der Waals surface area contributed by atoms with Crippen LogP contribution in [-0.4, -0.2) is 40.6 Å². The fourth-order valence-corrected chi connectivity index (χ4v) is 1.01. The molecule has 5 heteroatoms. The lowest BCUT2D eigenvalue weighted by atomic mass is 10.1. The highest BCUT2D eigenvalue weighted by molar-refractivity contribution is 5.94. The molecule has 0 bridgehead atoms. The van der Waals surface area contributed by atoms with Crippen LogP contribution in [0.5, 0.6) is 0 Å². The molecule has 0 fully saturated rings. The monoisotopic (exact) mass is 212 g/mol. The highest BCUT2D eigenvalue weighted by Gasteiger charge is 2.18. The molecular formula is C10H16N2O3. The summed E-state index contributed by atoms with van der Waals surface area (Å²) < 4.78 is 9.56. The molecular weight excluding hydrogens is 196 g/mol. The molecule has 0 rings (SSSR count). The normalized spacial score (nSPS) is 11.4. The largest absolute Gasteiger partial charge is 0.465 e. The molecule has 0 aromatic carbocycles. The molecule has 1 N–H and O–H groups in total. The number of hydrogen-bond acceptors (Lipinski definition) is 5. The zero-order valence-electron chi connectivity index (χ0n) is 9.29. The maximum absolute atomic E-state index is 11.5. The minimum atomic E-state index is -0.520. The highest BCUT2D eigenvalue weighted by Crippen LogP contribution is 2.14. The Morgan fingerprint density at radius 2 is 2.07 bits per heavy atom. The van der Waals surface area contributed by atoms with Gasteiger partial charge in [-0.1, -0.05) is 6.58 Å². The van der Waals surface area contributed by atoms with Crippen molar-refractivity contribution in [2.45, 2.75) is 0 Å². The van der Waals surface area contributed by atoms with Gasteiger partial charge in [0.1, 0.15) is 5.57 Å². The molecule has 15 heavy (non-hydrogen) atoms. The number of hydrogen-bond donors (Lipinski definition) is 1. The minimum absolute atomic E-state index is 0.246. The number of carbonyl (C=O) groups is 1. The van der Waals surface area contributed by atoms with Gasteiger partial charge in [0.2, 0.25) is 0 Å². The molecule has 0 saturated heterocycles. The van der Waals surface area contributed by atoms with E-state index in [0.29, 0.717) is 5.70 Å². The quantitative estimate of drug-likeness (QED) is 0.301. The Kier molecular flexibility index (Phi) is 6.05. The van der Waals surface area contributed by atoms with Crippen LogP contribution in [0.1, 0.15) is 0 Å². The van der Waals surface area contributed by atoms with Gasteiger partial charge in [-0.2, -0.15) is 0 Å². The first kappa shape index (κ1) is 13.4. The maximum atomic E-state index is 11.5. The number of nitrogens with one attached hydrogen (secondary N) is 1. The van der Waals surface area contributed by atoms with Crippen LogP contribution in [0.4, 0.5) is 0 Å². The zero-order valence-corrected chi connectivity index (χ0v) is 9.29. The van der Waals surface area contributed by atoms with Crippen molar-refractivity contribution in [1.82, 2.24) is 5.32 Å². The Labute approximate surface area is 89.5 Å². The van der Waals surface area contributed by atoms with E-state index in [1.807, 2.05) is 0 Å². The third kappa shape index (κ3) is 3.55. The molecule has 5 nitrogen and oxygen atoms in total. The highest BCUT2D eigenvalue weighted by atomic mass is 16.5. The van der Waals surface area contributed by atoms with Gasteiger partial charge in [0.05, 0.1) is 25.1 Å². The van der Waals surface area contributed by atoms with Crippen molar-refractivity contribution in [3.63, 3.8) is 0 Å². The van der Waals surface area contributed by atoms with Crippen molar-refractivity contribution < 1.29 is 14.3 Å². The molecule has 84 valence electrons. The van der Waals surface area contributed by atoms with Gasteiger partial charge in [0.15, 0.2) is 0 Å². The molecule has 0 aromatic rings. The first-order chi connectivity index (χ1) is 7.12. The fraction of sp³-hybridized carbons (Fsp3) is 0.400. The minimum Gasteiger partial charge on any atom is -0.465 e. The van der Waals surface area contributed by atoms with Gasteiger partial charge >= 0.3 is 5.97 Å². The van der Waals surface area contributed by atoms with Crippen molar-refractivity contribution in [2.75, 3.05) is 27.9 Å². The van der Waals surface area contributed by atoms with Crippen LogP contribution in [0.2, 0.25) is 0 Å². The second-order valence-electron chi connectivity index (χ2n) is 2.63. The van der Waals surface area contributed by atoms with Gasteiger partial charge in [-0.3, -0.25) is 4.99 Å². The van der Waals surface area contributed by atoms with Crippen molar-refractivity contribution in [2.24, 2.45) is 4.99 Å². The van der Waals surface area contributed by atoms with E-state index in [0.717, 1.165) is 0 Å². The second-order valence-corrected chi connectivity index (χ2v) is 2.63. The van der Waals surface area contributed by atoms with E-state index < -0.39 is 5.97 Å². The van der Waals surface area contributed by atoms with Gasteiger partial charge in [0.25, 0.3) is 0 Å². The van der Waals surface area contributed by atoms with Crippen molar-refractivity contribution in [1.29, 1.82) is 0 Å². The Morgan fingerprint density at radius 3 is 2.40 bits per heavy atom. The van der Waals surface area contributed by atoms with Gasteiger partial charge in [-0.15, -0.1) is 0 Å². The van der Waals surface area contributed by atoms with E-state index in [-0.39, 0.29) is 17.9 Å². The van der Waals surface area contributed by atoms with E-state index in [1.165, 1.54) is 14.2 Å². The topological polar surface area (TPSA) is 59.9 Å². The van der Waals surface area contributed by atoms with Crippen LogP contribution in [0.25, 0.3) is 0 Å². The second kappa shape index (κ2) is 6.78. The van der Waals surface area contributed by atoms with E-state index >= 15 is 0 Å². The summed E-state index contributed by atoms with van der Waals surface area (Å²) in [7, 11) is 4.49. The van der Waals surface area contributed by atoms with E-state index in [1.54, 1.807) is 7.05 Å². The predicted octanol–water partition coefficient (Wildman–Crippen LogP) is 0.494. The smallest absolute Gasteiger partial charge is 0.341 e. The summed E-state index contributed by atoms with van der Waals surface area (Å²) in [6.07, 6.45) is 0. The number of likely N-dealkylation sites (N-methyl/N-ethyl adjacent to an activating group) is 1. The number of rotatable bonds is 6. The number of aliphatic imine (C=N–C) groups is 1. The van der Waals surface area contributed by atoms with Crippen LogP contribution < -0.4 is 5.32 Å². The summed E-state index contributed by atoms with van der Waals surface area (Å²) in [4.78, 5) is 15.1. The molecule has 0 unspecified atom stereocenters. The summed E-state index contributed by atoms with van der Waals surface area (Å²) in [5.74, 6) is -0.520. The number of esters is 1. The van der Waals surface area contributed by atoms with E-state index in [4.69, 9.17) is 4.74 Å². The van der Waals surface area contributed by atoms with Crippen molar-refractivity contribution in [3.05, 3.63) is 23.5 Å². The molecule has 0 amide bonds. The molecule has 0 aliphatic rings. The number of carbonyl (C=O) groups excluding carboxylic acids is 1. The average Bonchev–Trinajstić information content (AvgIpc) is 2.27. The van der Waals surface area contributed by atoms with Gasteiger partial charge in [0, 0.05) is 14.2 Å². The summed E-state index contributed by atoms with van der Waals surface area (Å²) in [6.45, 7) is 7.17. The number of nitrogens with zero attached hydrogens (tertiary/aromatic N) is 1. The Bertz CT molecular complexity index is 295. The van der Waals surface area contributed by atoms with Crippen LogP contribution in [0.15, 0.2) is 28.5 Å². The third-order valence-electron chi connectivity index (χ3n) is 1.76. The van der Waals surface area contributed by atoms with Gasteiger partial charge in [-0.25, -0.2) is 4.79 Å². The molecule has 0 saturated carbocycles. The van der Waals surface area contributed by atoms with Crippen LogP contribution >= 0.6 is 0 Å². The SMILES string of the molecule is C=NC(=C)/C(C(=O)OC)=C(/COC)NC. The lowest BCUT2D eigenvalue weighted by Gasteiger charge is -2.12. The first-order valence-corrected chi connectivity index (χ1v) is 4.26. The van der Waals surface area contributed by atoms with Gasteiger partial charge < -0.3 is 14.8 Å². The first-order valence-electron chi connectivity index (χ1n) is 4.26. The van der Waals surface area contributed by atoms with Gasteiger partial charge in [-0.05, 0) is 6.72 Å². The molecule has 0 atom stereocenters. The van der Waals surface area contributed by atoms with Crippen molar-refractivity contribution >= 4 is 12.7 Å². The van der Waals surface area contributed by atoms with Crippen molar-refractivity contribution in [3.8, 4) is 0 Å². The molecule has 0 aliphatic carbocycles. The molecule has 0 radical (unpaired) electrons. The molecule has 0 aliphatic heterocycles. The fourth-order valence-electron chi connectivity index (χ4n) is 1.01. The van der Waals surface area contributed by atoms with Crippen LogP contribution in [0, 0.1) is 0 Å². The Morgan fingerprint density at radius 1 is 1.47 bits per heavy atom. The molecule has 0 aromatic heterocycles. The maximum Gasteiger partial charge on any atom is 0.341 e. The Balaban J connectivity index is 5.27. The molecule has 0 heterocycles. The molecule has 0 spiro atoms. The zero-order chi connectivity index (χ0) is 11.8. The predicted molar refractivity (Wildman–Crippen MR) is 58.7 cm³/mol. The summed E-state index contributed by atoms with van der Waals surface area (Å²) in [6, 6.07) is 0. The average molecular weight is 212 g/mol. The van der Waals surface area contributed by atoms with Crippen LogP contribution in [0.3, 0.4) is 0 Å². The number of methoxy groups -OCH3 is 2. The van der Waals surface area contributed by atoms with E-state index in [9.17, 15) is 4.79 Å². The third-order valence-corrected chi connectivity index (χ3v) is 1.76. The van der Waals surface area contributed by atoms with Crippen LogP contribution in [-0.2, 0) is 14.3 Å². The van der Waals surface area contributed by atoms with E-state index in [2.05, 4.69) is 28.3 Å². The lowest BCUT2D eigenvalue weighted by Crippen LogP contribution is -2.20. The summed E-state index contributed by atoms with van der Waals surface area (Å²) in [5.41, 5.74) is 1.06. The summed E-state index contributed by atoms with van der Waals surface area (Å²) >= 11 is 0. The Hall–Kier alpha value is -1.62. The summed E-state index contributed by atoms with van der Waals surface area (Å²) in [5, 5.41) is 2.84. The standard InChI is InChI=1S/C10H16N2O3/c1-7(11-2)9(10(13)15-5)8(12-3)6-14-4/h12H,1-2,6H2,3-5H3/b9-8+. The lowest BCUT2D eigenvalue weighted by molar-refractivity contribution is -0.135. The number of ether oxygens (including phenoxy) is 2.